The van der Waals surface area contributed by atoms with Crippen LogP contribution in [0.2, 0.25) is 0 Å². The molecule has 0 fully saturated rings. The van der Waals surface area contributed by atoms with Crippen molar-refractivity contribution in [3.8, 4) is 0 Å². The number of carbonyl (C=O) groups is 2. The molecule has 0 spiro atoms. The van der Waals surface area contributed by atoms with E-state index in [9.17, 15) is 9.59 Å². The average Bonchev–Trinajstić information content (AvgIpc) is 2.96. The van der Waals surface area contributed by atoms with E-state index in [4.69, 9.17) is 9.15 Å². The zero-order valence-electron chi connectivity index (χ0n) is 10.8. The minimum Gasteiger partial charge on any atom is -0.462 e. The van der Waals surface area contributed by atoms with Crippen LogP contribution < -0.4 is 5.32 Å². The van der Waals surface area contributed by atoms with E-state index in [1.165, 1.54) is 17.1 Å². The van der Waals surface area contributed by atoms with Crippen LogP contribution in [0.5, 0.6) is 0 Å². The van der Waals surface area contributed by atoms with Crippen LogP contribution in [0.4, 0.5) is 5.82 Å². The van der Waals surface area contributed by atoms with Crippen molar-refractivity contribution in [2.24, 2.45) is 7.05 Å². The summed E-state index contributed by atoms with van der Waals surface area (Å²) < 4.78 is 11.9. The number of anilines is 1. The number of hydrogen-bond donors (Lipinski definition) is 1. The molecule has 0 saturated carbocycles. The topological polar surface area (TPSA) is 86.4 Å². The third-order valence-corrected chi connectivity index (χ3v) is 3.00. The van der Waals surface area contributed by atoms with Crippen molar-refractivity contribution in [2.45, 2.75) is 6.92 Å². The van der Waals surface area contributed by atoms with Gasteiger partial charge in [0.15, 0.2) is 5.82 Å². The van der Waals surface area contributed by atoms with Crippen molar-refractivity contribution in [3.05, 3.63) is 34.3 Å². The number of halogens is 1. The maximum atomic E-state index is 12.0. The van der Waals surface area contributed by atoms with Crippen LogP contribution in [0.1, 0.15) is 27.8 Å². The van der Waals surface area contributed by atoms with Gasteiger partial charge in [-0.3, -0.25) is 9.48 Å². The summed E-state index contributed by atoms with van der Waals surface area (Å²) in [6, 6.07) is 1.60. The number of aryl methyl sites for hydroxylation is 1. The van der Waals surface area contributed by atoms with E-state index < -0.39 is 11.9 Å². The van der Waals surface area contributed by atoms with Crippen LogP contribution >= 0.6 is 15.9 Å². The van der Waals surface area contributed by atoms with Gasteiger partial charge in [0.05, 0.1) is 17.3 Å². The zero-order chi connectivity index (χ0) is 14.7. The Morgan fingerprint density at radius 3 is 2.90 bits per heavy atom. The van der Waals surface area contributed by atoms with Crippen LogP contribution in [0, 0.1) is 0 Å². The second-order valence-electron chi connectivity index (χ2n) is 3.84. The highest BCUT2D eigenvalue weighted by molar-refractivity contribution is 9.10. The van der Waals surface area contributed by atoms with Crippen LogP contribution in [0.3, 0.4) is 0 Å². The van der Waals surface area contributed by atoms with Crippen molar-refractivity contribution in [1.29, 1.82) is 0 Å². The van der Waals surface area contributed by atoms with Gasteiger partial charge in [-0.15, -0.1) is 0 Å². The Labute approximate surface area is 123 Å². The SMILES string of the molecule is CCOC(=O)c1cn(C)nc1NC(=O)c1occc1Br. The van der Waals surface area contributed by atoms with Crippen LogP contribution in [0.25, 0.3) is 0 Å². The smallest absolute Gasteiger partial charge is 0.343 e. The molecule has 0 aliphatic heterocycles. The number of rotatable bonds is 4. The minimum absolute atomic E-state index is 0.102. The van der Waals surface area contributed by atoms with E-state index in [0.717, 1.165) is 0 Å². The van der Waals surface area contributed by atoms with E-state index in [1.54, 1.807) is 20.0 Å². The zero-order valence-corrected chi connectivity index (χ0v) is 12.4. The van der Waals surface area contributed by atoms with Crippen LogP contribution in [0.15, 0.2) is 27.4 Å². The number of nitrogens with zero attached hydrogens (tertiary/aromatic N) is 2. The molecule has 0 aliphatic rings. The van der Waals surface area contributed by atoms with Gasteiger partial charge in [0, 0.05) is 13.2 Å². The quantitative estimate of drug-likeness (QED) is 0.861. The van der Waals surface area contributed by atoms with Gasteiger partial charge in [0.2, 0.25) is 5.76 Å². The maximum absolute atomic E-state index is 12.0. The second-order valence-corrected chi connectivity index (χ2v) is 4.69. The molecular weight excluding hydrogens is 330 g/mol. The summed E-state index contributed by atoms with van der Waals surface area (Å²) in [6.07, 6.45) is 2.86. The van der Waals surface area contributed by atoms with E-state index in [-0.39, 0.29) is 23.7 Å². The molecular formula is C12H12BrN3O4. The molecule has 2 rings (SSSR count). The predicted molar refractivity (Wildman–Crippen MR) is 73.5 cm³/mol. The number of carbonyl (C=O) groups excluding carboxylic acids is 2. The third-order valence-electron chi connectivity index (χ3n) is 2.38. The number of aromatic nitrogens is 2. The molecule has 2 aromatic heterocycles. The number of esters is 1. The molecule has 20 heavy (non-hydrogen) atoms. The summed E-state index contributed by atoms with van der Waals surface area (Å²) in [4.78, 5) is 23.8. The fourth-order valence-corrected chi connectivity index (χ4v) is 1.94. The summed E-state index contributed by atoms with van der Waals surface area (Å²) >= 11 is 3.19. The van der Waals surface area contributed by atoms with Gasteiger partial charge < -0.3 is 14.5 Å². The molecule has 0 saturated heterocycles. The Bertz CT molecular complexity index is 647. The van der Waals surface area contributed by atoms with Gasteiger partial charge in [-0.2, -0.15) is 5.10 Å². The van der Waals surface area contributed by atoms with Crippen LogP contribution in [-0.2, 0) is 11.8 Å². The highest BCUT2D eigenvalue weighted by atomic mass is 79.9. The van der Waals surface area contributed by atoms with Gasteiger partial charge >= 0.3 is 5.97 Å². The van der Waals surface area contributed by atoms with E-state index in [0.29, 0.717) is 4.47 Å². The lowest BCUT2D eigenvalue weighted by Gasteiger charge is -2.03. The molecule has 7 nitrogen and oxygen atoms in total. The first-order chi connectivity index (χ1) is 9.52. The monoisotopic (exact) mass is 341 g/mol. The van der Waals surface area contributed by atoms with Gasteiger partial charge in [-0.05, 0) is 28.9 Å². The average molecular weight is 342 g/mol. The maximum Gasteiger partial charge on any atom is 0.343 e. The largest absolute Gasteiger partial charge is 0.462 e. The second kappa shape index (κ2) is 5.91. The minimum atomic E-state index is -0.547. The fourth-order valence-electron chi connectivity index (χ4n) is 1.56. The van der Waals surface area contributed by atoms with E-state index >= 15 is 0 Å². The molecule has 1 N–H and O–H groups in total. The Morgan fingerprint density at radius 2 is 2.30 bits per heavy atom. The first-order valence-corrected chi connectivity index (χ1v) is 6.57. The molecule has 2 heterocycles. The summed E-state index contributed by atoms with van der Waals surface area (Å²) in [5.74, 6) is -0.828. The molecule has 0 aromatic carbocycles. The summed E-state index contributed by atoms with van der Waals surface area (Å²) in [5, 5.41) is 6.54. The van der Waals surface area contributed by atoms with Crippen LogP contribution in [-0.4, -0.2) is 28.3 Å². The molecule has 0 unspecified atom stereocenters. The number of ether oxygens (including phenoxy) is 1. The normalized spacial score (nSPS) is 10.3. The summed E-state index contributed by atoms with van der Waals surface area (Å²) in [6.45, 7) is 1.94. The molecule has 0 radical (unpaired) electrons. The van der Waals surface area contributed by atoms with E-state index in [2.05, 4.69) is 26.3 Å². The van der Waals surface area contributed by atoms with Crippen molar-refractivity contribution in [1.82, 2.24) is 9.78 Å². The molecule has 0 atom stereocenters. The fraction of sp³-hybridized carbons (Fsp3) is 0.250. The molecule has 1 amide bonds. The Kier molecular flexibility index (Phi) is 4.23. The number of amides is 1. The lowest BCUT2D eigenvalue weighted by Crippen LogP contribution is -2.15. The molecule has 106 valence electrons. The van der Waals surface area contributed by atoms with Crippen molar-refractivity contribution >= 4 is 33.6 Å². The Hall–Kier alpha value is -2.09. The first-order valence-electron chi connectivity index (χ1n) is 5.78. The molecule has 8 heteroatoms. The van der Waals surface area contributed by atoms with Crippen molar-refractivity contribution < 1.29 is 18.7 Å². The lowest BCUT2D eigenvalue weighted by molar-refractivity contribution is 0.0527. The summed E-state index contributed by atoms with van der Waals surface area (Å²) in [7, 11) is 1.64. The van der Waals surface area contributed by atoms with E-state index in [1.807, 2.05) is 0 Å². The number of hydrogen-bond acceptors (Lipinski definition) is 5. The molecule has 0 bridgehead atoms. The summed E-state index contributed by atoms with van der Waals surface area (Å²) in [5.41, 5.74) is 0.186. The van der Waals surface area contributed by atoms with Gasteiger partial charge in [-0.1, -0.05) is 0 Å². The van der Waals surface area contributed by atoms with Crippen molar-refractivity contribution in [2.75, 3.05) is 11.9 Å². The van der Waals surface area contributed by atoms with Crippen molar-refractivity contribution in [3.63, 3.8) is 0 Å². The molecule has 0 aliphatic carbocycles. The highest BCUT2D eigenvalue weighted by Crippen LogP contribution is 2.20. The van der Waals surface area contributed by atoms with Gasteiger partial charge in [0.25, 0.3) is 5.91 Å². The highest BCUT2D eigenvalue weighted by Gasteiger charge is 2.21. The molecule has 2 aromatic rings. The predicted octanol–water partition coefficient (Wildman–Crippen LogP) is 2.20. The lowest BCUT2D eigenvalue weighted by atomic mass is 10.3. The van der Waals surface area contributed by atoms with Gasteiger partial charge in [0.1, 0.15) is 5.56 Å². The van der Waals surface area contributed by atoms with Gasteiger partial charge in [-0.25, -0.2) is 4.79 Å². The standard InChI is InChI=1S/C12H12BrN3O4/c1-3-19-12(18)7-6-16(2)15-10(7)14-11(17)9-8(13)4-5-20-9/h4-6H,3H2,1-2H3,(H,14,15,17). The Morgan fingerprint density at radius 1 is 1.55 bits per heavy atom. The third kappa shape index (κ3) is 2.90. The number of furan rings is 1. The number of nitrogens with one attached hydrogen (secondary N) is 1. The Balaban J connectivity index is 2.23. The first kappa shape index (κ1) is 14.3.